The third-order valence-corrected chi connectivity index (χ3v) is 3.56. The highest BCUT2D eigenvalue weighted by Crippen LogP contribution is 2.33. The molecule has 2 heterocycles. The first-order valence-corrected chi connectivity index (χ1v) is 7.21. The Balaban J connectivity index is 2.05. The summed E-state index contributed by atoms with van der Waals surface area (Å²) in [6, 6.07) is 9.43. The summed E-state index contributed by atoms with van der Waals surface area (Å²) < 4.78 is 12.5. The third kappa shape index (κ3) is 2.88. The minimum absolute atomic E-state index is 0.605. The van der Waals surface area contributed by atoms with Crippen LogP contribution in [0.15, 0.2) is 46.8 Å². The fourth-order valence-electron chi connectivity index (χ4n) is 2.35. The average molecular weight is 310 g/mol. The largest absolute Gasteiger partial charge is 0.497 e. The predicted molar refractivity (Wildman–Crippen MR) is 88.4 cm³/mol. The second kappa shape index (κ2) is 6.08. The lowest BCUT2D eigenvalue weighted by atomic mass is 10.3. The maximum Gasteiger partial charge on any atom is 0.182 e. The fraction of sp³-hybridized carbons (Fsp3) is 0.235. The van der Waals surface area contributed by atoms with Gasteiger partial charge in [-0.05, 0) is 43.7 Å². The molecule has 0 bridgehead atoms. The van der Waals surface area contributed by atoms with Crippen LogP contribution >= 0.6 is 0 Å². The molecule has 0 aliphatic heterocycles. The second-order valence-electron chi connectivity index (χ2n) is 5.19. The van der Waals surface area contributed by atoms with Gasteiger partial charge < -0.3 is 9.47 Å². The van der Waals surface area contributed by atoms with Crippen LogP contribution in [0.2, 0.25) is 0 Å². The van der Waals surface area contributed by atoms with Crippen LogP contribution in [0.25, 0.3) is 5.65 Å². The summed E-state index contributed by atoms with van der Waals surface area (Å²) >= 11 is 0. The summed E-state index contributed by atoms with van der Waals surface area (Å²) in [6.07, 6.45) is 1.95. The van der Waals surface area contributed by atoms with Gasteiger partial charge in [0.1, 0.15) is 22.8 Å². The van der Waals surface area contributed by atoms with Gasteiger partial charge in [-0.3, -0.25) is 4.40 Å². The molecule has 0 aliphatic rings. The number of pyridine rings is 1. The lowest BCUT2D eigenvalue weighted by Crippen LogP contribution is -1.86. The third-order valence-electron chi connectivity index (χ3n) is 3.56. The molecular formula is C17H18N4O2. The highest BCUT2D eigenvalue weighted by Gasteiger charge is 2.09. The van der Waals surface area contributed by atoms with E-state index in [9.17, 15) is 0 Å². The summed E-state index contributed by atoms with van der Waals surface area (Å²) in [5.74, 6) is 2.03. The Morgan fingerprint density at radius 3 is 2.57 bits per heavy atom. The Morgan fingerprint density at radius 1 is 1.00 bits per heavy atom. The number of imidazole rings is 1. The average Bonchev–Trinajstić information content (AvgIpc) is 2.86. The summed E-state index contributed by atoms with van der Waals surface area (Å²) in [4.78, 5) is 4.52. The molecule has 0 aliphatic carbocycles. The van der Waals surface area contributed by atoms with Gasteiger partial charge in [-0.15, -0.1) is 10.2 Å². The predicted octanol–water partition coefficient (Wildman–Crippen LogP) is 4.38. The van der Waals surface area contributed by atoms with Gasteiger partial charge >= 0.3 is 0 Å². The van der Waals surface area contributed by atoms with Gasteiger partial charge in [0.05, 0.1) is 19.9 Å². The van der Waals surface area contributed by atoms with E-state index in [-0.39, 0.29) is 0 Å². The summed E-state index contributed by atoms with van der Waals surface area (Å²) in [5, 5.41) is 8.69. The van der Waals surface area contributed by atoms with Crippen LogP contribution in [-0.4, -0.2) is 23.6 Å². The topological polar surface area (TPSA) is 60.5 Å². The van der Waals surface area contributed by atoms with Crippen molar-refractivity contribution >= 4 is 17.2 Å². The highest BCUT2D eigenvalue weighted by molar-refractivity contribution is 5.57. The number of hydrogen-bond acceptors (Lipinski definition) is 5. The number of azo groups is 1. The van der Waals surface area contributed by atoms with E-state index in [0.29, 0.717) is 23.0 Å². The number of rotatable bonds is 4. The van der Waals surface area contributed by atoms with Gasteiger partial charge in [0.25, 0.3) is 0 Å². The Kier molecular flexibility index (Phi) is 3.97. The molecule has 0 N–H and O–H groups in total. The molecule has 0 unspecified atom stereocenters. The Bertz CT molecular complexity index is 884. The van der Waals surface area contributed by atoms with Crippen LogP contribution in [0.4, 0.5) is 11.5 Å². The van der Waals surface area contributed by atoms with E-state index in [1.807, 2.05) is 42.6 Å². The lowest BCUT2D eigenvalue weighted by molar-refractivity contribution is 0.404. The van der Waals surface area contributed by atoms with Crippen LogP contribution in [0.1, 0.15) is 11.3 Å². The van der Waals surface area contributed by atoms with Gasteiger partial charge in [-0.2, -0.15) is 0 Å². The zero-order valence-electron chi connectivity index (χ0n) is 13.6. The summed E-state index contributed by atoms with van der Waals surface area (Å²) in [5.41, 5.74) is 3.43. The summed E-state index contributed by atoms with van der Waals surface area (Å²) in [6.45, 7) is 3.95. The molecule has 0 saturated heterocycles. The first-order valence-electron chi connectivity index (χ1n) is 7.21. The van der Waals surface area contributed by atoms with Crippen molar-refractivity contribution in [2.75, 3.05) is 14.2 Å². The molecule has 0 atom stereocenters. The van der Waals surface area contributed by atoms with Crippen molar-refractivity contribution in [3.05, 3.63) is 47.8 Å². The summed E-state index contributed by atoms with van der Waals surface area (Å²) in [7, 11) is 3.21. The molecular weight excluding hydrogens is 292 g/mol. The van der Waals surface area contributed by atoms with Crippen LogP contribution in [0.5, 0.6) is 11.5 Å². The Labute approximate surface area is 134 Å². The zero-order valence-corrected chi connectivity index (χ0v) is 13.6. The molecule has 6 nitrogen and oxygen atoms in total. The standard InChI is InChI=1S/C17H18N4O2/c1-11-7-8-21-16(9-11)18-12(2)17(21)20-19-14-10-13(22-3)5-6-15(14)23-4/h5-10H,1-4H3. The van der Waals surface area contributed by atoms with E-state index in [4.69, 9.17) is 9.47 Å². The Morgan fingerprint density at radius 2 is 1.83 bits per heavy atom. The van der Waals surface area contributed by atoms with Gasteiger partial charge in [0.2, 0.25) is 0 Å². The Hall–Kier alpha value is -2.89. The molecule has 3 aromatic rings. The van der Waals surface area contributed by atoms with Crippen molar-refractivity contribution in [1.82, 2.24) is 9.38 Å². The first-order chi connectivity index (χ1) is 11.1. The van der Waals surface area contributed by atoms with Crippen molar-refractivity contribution in [2.24, 2.45) is 10.2 Å². The number of aromatic nitrogens is 2. The van der Waals surface area contributed by atoms with Gasteiger partial charge in [0.15, 0.2) is 5.82 Å². The number of methoxy groups -OCH3 is 2. The molecule has 1 aromatic carbocycles. The van der Waals surface area contributed by atoms with E-state index in [0.717, 1.165) is 16.9 Å². The minimum atomic E-state index is 0.605. The van der Waals surface area contributed by atoms with Gasteiger partial charge in [-0.1, -0.05) is 0 Å². The van der Waals surface area contributed by atoms with Gasteiger partial charge in [-0.25, -0.2) is 4.98 Å². The van der Waals surface area contributed by atoms with E-state index in [2.05, 4.69) is 15.2 Å². The molecule has 0 spiro atoms. The number of hydrogen-bond donors (Lipinski definition) is 0. The monoisotopic (exact) mass is 310 g/mol. The van der Waals surface area contributed by atoms with Crippen molar-refractivity contribution in [3.63, 3.8) is 0 Å². The smallest absolute Gasteiger partial charge is 0.182 e. The minimum Gasteiger partial charge on any atom is -0.497 e. The zero-order chi connectivity index (χ0) is 16.4. The van der Waals surface area contributed by atoms with E-state index in [1.54, 1.807) is 26.4 Å². The van der Waals surface area contributed by atoms with Crippen LogP contribution in [-0.2, 0) is 0 Å². The molecule has 23 heavy (non-hydrogen) atoms. The number of benzene rings is 1. The quantitative estimate of drug-likeness (QED) is 0.672. The van der Waals surface area contributed by atoms with Crippen LogP contribution < -0.4 is 9.47 Å². The normalized spacial score (nSPS) is 11.3. The molecule has 2 aromatic heterocycles. The highest BCUT2D eigenvalue weighted by atomic mass is 16.5. The SMILES string of the molecule is COc1ccc(OC)c(N=Nc2c(C)nc3cc(C)ccn23)c1. The number of aryl methyl sites for hydroxylation is 2. The van der Waals surface area contributed by atoms with Gasteiger partial charge in [0, 0.05) is 12.3 Å². The molecule has 118 valence electrons. The number of fused-ring (bicyclic) bond motifs is 1. The van der Waals surface area contributed by atoms with Crippen LogP contribution in [0, 0.1) is 13.8 Å². The molecule has 0 amide bonds. The van der Waals surface area contributed by atoms with E-state index < -0.39 is 0 Å². The molecule has 0 radical (unpaired) electrons. The molecule has 6 heteroatoms. The maximum atomic E-state index is 5.32. The van der Waals surface area contributed by atoms with Crippen molar-refractivity contribution < 1.29 is 9.47 Å². The van der Waals surface area contributed by atoms with E-state index >= 15 is 0 Å². The van der Waals surface area contributed by atoms with Crippen molar-refractivity contribution in [2.45, 2.75) is 13.8 Å². The fourth-order valence-corrected chi connectivity index (χ4v) is 2.35. The molecule has 0 fully saturated rings. The van der Waals surface area contributed by atoms with Crippen molar-refractivity contribution in [3.8, 4) is 11.5 Å². The number of ether oxygens (including phenoxy) is 2. The first kappa shape index (κ1) is 15.0. The van der Waals surface area contributed by atoms with E-state index in [1.165, 1.54) is 0 Å². The van der Waals surface area contributed by atoms with Crippen molar-refractivity contribution in [1.29, 1.82) is 0 Å². The van der Waals surface area contributed by atoms with Crippen LogP contribution in [0.3, 0.4) is 0 Å². The maximum absolute atomic E-state index is 5.32. The lowest BCUT2D eigenvalue weighted by Gasteiger charge is -2.05. The number of nitrogens with zero attached hydrogens (tertiary/aromatic N) is 4. The second-order valence-corrected chi connectivity index (χ2v) is 5.19. The molecule has 3 rings (SSSR count). The molecule has 0 saturated carbocycles.